The van der Waals surface area contributed by atoms with Crippen LogP contribution in [0.25, 0.3) is 0 Å². The molecule has 0 saturated carbocycles. The van der Waals surface area contributed by atoms with Gasteiger partial charge in [-0.2, -0.15) is 0 Å². The molecule has 0 spiro atoms. The largest absolute Gasteiger partial charge is 0.469 e. The summed E-state index contributed by atoms with van der Waals surface area (Å²) in [7, 11) is 1.31. The minimum atomic E-state index is -0.524. The molecule has 0 fully saturated rings. The first-order chi connectivity index (χ1) is 13.4. The molecule has 0 aliphatic rings. The maximum Gasteiger partial charge on any atom is 0.307 e. The fourth-order valence-electron chi connectivity index (χ4n) is 2.82. The van der Waals surface area contributed by atoms with Crippen LogP contribution in [0.2, 0.25) is 5.02 Å². The van der Waals surface area contributed by atoms with Crippen molar-refractivity contribution in [3.63, 3.8) is 0 Å². The highest BCUT2D eigenvalue weighted by molar-refractivity contribution is 6.30. The topological polar surface area (TPSA) is 84.5 Å². The summed E-state index contributed by atoms with van der Waals surface area (Å²) in [5.41, 5.74) is 1.56. The Hall–Kier alpha value is -2.86. The molecule has 0 heterocycles. The van der Waals surface area contributed by atoms with E-state index in [0.29, 0.717) is 5.02 Å². The number of hydrogen-bond acceptors (Lipinski definition) is 4. The molecule has 0 aliphatic heterocycles. The molecule has 0 aliphatic carbocycles. The number of esters is 1. The Morgan fingerprint density at radius 3 is 2.04 bits per heavy atom. The molecular formula is C21H23ClN2O4. The smallest absolute Gasteiger partial charge is 0.307 e. The lowest BCUT2D eigenvalue weighted by Crippen LogP contribution is -2.35. The number of hydrogen-bond donors (Lipinski definition) is 2. The average molecular weight is 403 g/mol. The molecule has 2 unspecified atom stereocenters. The zero-order valence-corrected chi connectivity index (χ0v) is 16.5. The summed E-state index contributed by atoms with van der Waals surface area (Å²) in [6, 6.07) is 15.1. The van der Waals surface area contributed by atoms with Crippen LogP contribution < -0.4 is 10.6 Å². The predicted octanol–water partition coefficient (Wildman–Crippen LogP) is 3.33. The van der Waals surface area contributed by atoms with Crippen molar-refractivity contribution in [1.29, 1.82) is 0 Å². The number of methoxy groups -OCH3 is 1. The van der Waals surface area contributed by atoms with E-state index in [9.17, 15) is 14.4 Å². The number of carbonyl (C=O) groups excluding carboxylic acids is 3. The lowest BCUT2D eigenvalue weighted by atomic mass is 10.0. The highest BCUT2D eigenvalue weighted by atomic mass is 35.5. The molecule has 0 aromatic heterocycles. The molecular weight excluding hydrogens is 380 g/mol. The minimum Gasteiger partial charge on any atom is -0.469 e. The van der Waals surface area contributed by atoms with Crippen molar-refractivity contribution in [2.75, 3.05) is 7.11 Å². The van der Waals surface area contributed by atoms with E-state index in [0.717, 1.165) is 11.1 Å². The van der Waals surface area contributed by atoms with Gasteiger partial charge in [0.05, 0.1) is 32.0 Å². The Balaban J connectivity index is 2.14. The number of halogens is 1. The summed E-state index contributed by atoms with van der Waals surface area (Å²) >= 11 is 5.92. The van der Waals surface area contributed by atoms with Gasteiger partial charge in [0.15, 0.2) is 0 Å². The third kappa shape index (κ3) is 6.70. The Bertz CT molecular complexity index is 803. The zero-order valence-electron chi connectivity index (χ0n) is 15.8. The van der Waals surface area contributed by atoms with Crippen molar-refractivity contribution >= 4 is 29.4 Å². The second-order valence-electron chi connectivity index (χ2n) is 6.32. The number of benzene rings is 2. The van der Waals surface area contributed by atoms with Gasteiger partial charge in [-0.25, -0.2) is 0 Å². The summed E-state index contributed by atoms with van der Waals surface area (Å²) in [5.74, 6) is -0.973. The molecule has 148 valence electrons. The molecule has 2 aromatic carbocycles. The fraction of sp³-hybridized carbons (Fsp3) is 0.286. The highest BCUT2D eigenvalue weighted by Crippen LogP contribution is 2.22. The molecule has 0 bridgehead atoms. The Labute approximate surface area is 169 Å². The van der Waals surface area contributed by atoms with Crippen molar-refractivity contribution in [2.45, 2.75) is 31.8 Å². The van der Waals surface area contributed by atoms with Gasteiger partial charge >= 0.3 is 5.97 Å². The first-order valence-corrected chi connectivity index (χ1v) is 9.20. The Morgan fingerprint density at radius 2 is 1.46 bits per heavy atom. The van der Waals surface area contributed by atoms with Crippen LogP contribution in [-0.4, -0.2) is 24.9 Å². The SMILES string of the molecule is COC(=O)CC(NC(=O)CC(NC(C)=O)c1ccc(Cl)cc1)c1ccccc1. The highest BCUT2D eigenvalue weighted by Gasteiger charge is 2.22. The number of rotatable bonds is 8. The van der Waals surface area contributed by atoms with Gasteiger partial charge in [-0.3, -0.25) is 14.4 Å². The average Bonchev–Trinajstić information content (AvgIpc) is 2.67. The third-order valence-electron chi connectivity index (χ3n) is 4.18. The summed E-state index contributed by atoms with van der Waals surface area (Å²) in [5, 5.41) is 6.21. The van der Waals surface area contributed by atoms with Gasteiger partial charge in [-0.1, -0.05) is 54.1 Å². The summed E-state index contributed by atoms with van der Waals surface area (Å²) in [4.78, 5) is 36.0. The van der Waals surface area contributed by atoms with E-state index in [4.69, 9.17) is 16.3 Å². The number of ether oxygens (including phenoxy) is 1. The normalized spacial score (nSPS) is 12.5. The van der Waals surface area contributed by atoms with E-state index in [1.54, 1.807) is 24.3 Å². The Morgan fingerprint density at radius 1 is 0.893 bits per heavy atom. The molecule has 28 heavy (non-hydrogen) atoms. The lowest BCUT2D eigenvalue weighted by Gasteiger charge is -2.22. The molecule has 7 heteroatoms. The van der Waals surface area contributed by atoms with Crippen LogP contribution in [0.1, 0.15) is 43.0 Å². The summed E-state index contributed by atoms with van der Waals surface area (Å²) in [6.45, 7) is 1.39. The van der Waals surface area contributed by atoms with E-state index < -0.39 is 18.1 Å². The lowest BCUT2D eigenvalue weighted by molar-refractivity contribution is -0.141. The van der Waals surface area contributed by atoms with Gasteiger partial charge in [-0.15, -0.1) is 0 Å². The second-order valence-corrected chi connectivity index (χ2v) is 6.76. The molecule has 2 atom stereocenters. The number of amides is 2. The van der Waals surface area contributed by atoms with Gasteiger partial charge in [0, 0.05) is 11.9 Å². The van der Waals surface area contributed by atoms with Crippen LogP contribution in [0.3, 0.4) is 0 Å². The van der Waals surface area contributed by atoms with Gasteiger partial charge in [0.2, 0.25) is 11.8 Å². The number of nitrogens with one attached hydrogen (secondary N) is 2. The standard InChI is InChI=1S/C21H23ClN2O4/c1-14(25)23-18(16-8-10-17(22)11-9-16)12-20(26)24-19(13-21(27)28-2)15-6-4-3-5-7-15/h3-11,18-19H,12-13H2,1-2H3,(H,23,25)(H,24,26). The van der Waals surface area contributed by atoms with Crippen LogP contribution >= 0.6 is 11.6 Å². The molecule has 2 N–H and O–H groups in total. The van der Waals surface area contributed by atoms with Gasteiger partial charge in [-0.05, 0) is 23.3 Å². The van der Waals surface area contributed by atoms with Gasteiger partial charge < -0.3 is 15.4 Å². The molecule has 0 radical (unpaired) electrons. The zero-order chi connectivity index (χ0) is 20.5. The molecule has 6 nitrogen and oxygen atoms in total. The van der Waals surface area contributed by atoms with Crippen molar-refractivity contribution < 1.29 is 19.1 Å². The molecule has 0 saturated heterocycles. The first kappa shape index (κ1) is 21.4. The minimum absolute atomic E-state index is 0.0119. The van der Waals surface area contributed by atoms with Crippen molar-refractivity contribution in [3.05, 3.63) is 70.7 Å². The number of carbonyl (C=O) groups is 3. The molecule has 2 amide bonds. The van der Waals surface area contributed by atoms with E-state index in [1.165, 1.54) is 14.0 Å². The van der Waals surface area contributed by atoms with Crippen molar-refractivity contribution in [3.8, 4) is 0 Å². The second kappa shape index (κ2) is 10.5. The van der Waals surface area contributed by atoms with Crippen LogP contribution in [0.5, 0.6) is 0 Å². The Kier molecular flexibility index (Phi) is 8.02. The monoisotopic (exact) mass is 402 g/mol. The van der Waals surface area contributed by atoms with Crippen LogP contribution in [-0.2, 0) is 19.1 Å². The van der Waals surface area contributed by atoms with Crippen LogP contribution in [0.15, 0.2) is 54.6 Å². The third-order valence-corrected chi connectivity index (χ3v) is 4.43. The molecule has 2 rings (SSSR count). The van der Waals surface area contributed by atoms with E-state index >= 15 is 0 Å². The van der Waals surface area contributed by atoms with E-state index in [-0.39, 0.29) is 24.7 Å². The van der Waals surface area contributed by atoms with Crippen LogP contribution in [0.4, 0.5) is 0 Å². The van der Waals surface area contributed by atoms with Gasteiger partial charge in [0.25, 0.3) is 0 Å². The molecule has 2 aromatic rings. The maximum atomic E-state index is 12.7. The van der Waals surface area contributed by atoms with E-state index in [1.807, 2.05) is 30.3 Å². The van der Waals surface area contributed by atoms with Crippen molar-refractivity contribution in [2.24, 2.45) is 0 Å². The van der Waals surface area contributed by atoms with E-state index in [2.05, 4.69) is 10.6 Å². The quantitative estimate of drug-likeness (QED) is 0.663. The van der Waals surface area contributed by atoms with Gasteiger partial charge in [0.1, 0.15) is 0 Å². The summed E-state index contributed by atoms with van der Waals surface area (Å²) in [6.07, 6.45) is 0.0315. The fourth-order valence-corrected chi connectivity index (χ4v) is 2.94. The van der Waals surface area contributed by atoms with Crippen LogP contribution in [0, 0.1) is 0 Å². The predicted molar refractivity (Wildman–Crippen MR) is 107 cm³/mol. The summed E-state index contributed by atoms with van der Waals surface area (Å²) < 4.78 is 4.74. The first-order valence-electron chi connectivity index (χ1n) is 8.82. The maximum absolute atomic E-state index is 12.7. The van der Waals surface area contributed by atoms with Crippen molar-refractivity contribution in [1.82, 2.24) is 10.6 Å².